The first-order chi connectivity index (χ1) is 12.2. The van der Waals surface area contributed by atoms with E-state index in [1.165, 1.54) is 44.9 Å². The van der Waals surface area contributed by atoms with Crippen molar-refractivity contribution < 1.29 is 14.3 Å². The van der Waals surface area contributed by atoms with Crippen LogP contribution in [0.5, 0.6) is 0 Å². The molecule has 6 heteroatoms. The first-order valence-electron chi connectivity index (χ1n) is 9.73. The summed E-state index contributed by atoms with van der Waals surface area (Å²) in [5.41, 5.74) is 1.46. The molecule has 0 aromatic rings. The highest BCUT2D eigenvalue weighted by molar-refractivity contribution is 5.81. The van der Waals surface area contributed by atoms with Crippen molar-refractivity contribution >= 4 is 12.0 Å². The molecule has 4 rings (SSSR count). The number of fused-ring (bicyclic) bond motifs is 6. The summed E-state index contributed by atoms with van der Waals surface area (Å²) in [5.74, 6) is 0.797. The second-order valence-corrected chi connectivity index (χ2v) is 7.94. The van der Waals surface area contributed by atoms with Gasteiger partial charge in [0.2, 0.25) is 0 Å². The summed E-state index contributed by atoms with van der Waals surface area (Å²) < 4.78 is 4.63. The molecule has 3 heterocycles. The molecule has 0 unspecified atom stereocenters. The summed E-state index contributed by atoms with van der Waals surface area (Å²) >= 11 is 0. The van der Waals surface area contributed by atoms with Crippen molar-refractivity contribution in [1.29, 1.82) is 0 Å². The molecule has 0 saturated carbocycles. The molecule has 1 N–H and O–H groups in total. The van der Waals surface area contributed by atoms with Gasteiger partial charge in [0.05, 0.1) is 13.2 Å². The minimum atomic E-state index is -0.404. The first-order valence-corrected chi connectivity index (χ1v) is 9.73. The molecule has 1 aliphatic carbocycles. The number of carbonyl (C=O) groups is 2. The van der Waals surface area contributed by atoms with Crippen LogP contribution < -0.4 is 5.32 Å². The molecule has 0 radical (unpaired) electrons. The van der Waals surface area contributed by atoms with Gasteiger partial charge in [-0.15, -0.1) is 0 Å². The first kappa shape index (κ1) is 16.9. The maximum Gasteiger partial charge on any atom is 0.325 e. The Morgan fingerprint density at radius 1 is 1.28 bits per heavy atom. The van der Waals surface area contributed by atoms with Crippen LogP contribution in [-0.2, 0) is 9.53 Å². The van der Waals surface area contributed by atoms with E-state index >= 15 is 0 Å². The molecule has 0 spiro atoms. The van der Waals surface area contributed by atoms with Crippen LogP contribution in [0.15, 0.2) is 11.6 Å². The van der Waals surface area contributed by atoms with Gasteiger partial charge in [0, 0.05) is 19.1 Å². The predicted octanol–water partition coefficient (Wildman–Crippen LogP) is 1.76. The van der Waals surface area contributed by atoms with Gasteiger partial charge in [-0.2, -0.15) is 0 Å². The highest BCUT2D eigenvalue weighted by Crippen LogP contribution is 2.44. The number of urea groups is 1. The number of esters is 1. The summed E-state index contributed by atoms with van der Waals surface area (Å²) in [5, 5.41) is 2.74. The molecule has 25 heavy (non-hydrogen) atoms. The van der Waals surface area contributed by atoms with Crippen molar-refractivity contribution in [2.45, 2.75) is 50.6 Å². The lowest BCUT2D eigenvalue weighted by Gasteiger charge is -2.54. The zero-order chi connectivity index (χ0) is 17.4. The van der Waals surface area contributed by atoms with Gasteiger partial charge in [0.1, 0.15) is 6.54 Å². The van der Waals surface area contributed by atoms with Crippen LogP contribution in [0, 0.1) is 11.8 Å². The Morgan fingerprint density at radius 2 is 2.16 bits per heavy atom. The average Bonchev–Trinajstić information content (AvgIpc) is 2.65. The number of hydrogen-bond acceptors (Lipinski definition) is 4. The van der Waals surface area contributed by atoms with Gasteiger partial charge in [-0.05, 0) is 50.5 Å². The molecular weight excluding hydrogens is 318 g/mol. The molecule has 138 valence electrons. The number of nitrogens with one attached hydrogen (secondary N) is 1. The van der Waals surface area contributed by atoms with E-state index in [-0.39, 0.29) is 18.6 Å². The van der Waals surface area contributed by atoms with E-state index in [1.54, 1.807) is 0 Å². The Morgan fingerprint density at radius 3 is 3.00 bits per heavy atom. The molecule has 0 aromatic carbocycles. The number of carbonyl (C=O) groups excluding carboxylic acids is 2. The van der Waals surface area contributed by atoms with Crippen LogP contribution in [0.1, 0.15) is 38.5 Å². The molecule has 6 nitrogen and oxygen atoms in total. The summed E-state index contributed by atoms with van der Waals surface area (Å²) in [6.45, 7) is 3.05. The number of piperidine rings is 3. The van der Waals surface area contributed by atoms with Crippen LogP contribution in [0.25, 0.3) is 0 Å². The lowest BCUT2D eigenvalue weighted by atomic mass is 9.68. The van der Waals surface area contributed by atoms with Crippen LogP contribution in [0.2, 0.25) is 0 Å². The van der Waals surface area contributed by atoms with Gasteiger partial charge in [0.15, 0.2) is 0 Å². The third-order valence-electron chi connectivity index (χ3n) is 6.53. The Kier molecular flexibility index (Phi) is 4.71. The van der Waals surface area contributed by atoms with Gasteiger partial charge in [-0.1, -0.05) is 18.1 Å². The molecule has 2 bridgehead atoms. The molecule has 3 aliphatic heterocycles. The second-order valence-electron chi connectivity index (χ2n) is 7.94. The molecular formula is C19H29N3O3. The Balaban J connectivity index is 1.51. The van der Waals surface area contributed by atoms with Crippen LogP contribution in [0.3, 0.4) is 0 Å². The SMILES string of the molecule is COC(=O)CNC(=O)N1CCCC2=C[C@@H]3C[C@@H](CN4CCCC[C@H]34)[C@@H]21. The van der Waals surface area contributed by atoms with Crippen molar-refractivity contribution in [3.63, 3.8) is 0 Å². The predicted molar refractivity (Wildman–Crippen MR) is 94.0 cm³/mol. The molecule has 3 saturated heterocycles. The summed E-state index contributed by atoms with van der Waals surface area (Å²) in [7, 11) is 1.34. The van der Waals surface area contributed by atoms with E-state index in [4.69, 9.17) is 0 Å². The maximum atomic E-state index is 12.7. The molecule has 2 amide bonds. The third-order valence-corrected chi connectivity index (χ3v) is 6.53. The van der Waals surface area contributed by atoms with E-state index in [0.29, 0.717) is 11.8 Å². The zero-order valence-corrected chi connectivity index (χ0v) is 15.1. The number of likely N-dealkylation sites (tertiary alicyclic amines) is 1. The molecule has 4 atom stereocenters. The van der Waals surface area contributed by atoms with E-state index < -0.39 is 5.97 Å². The van der Waals surface area contributed by atoms with Crippen LogP contribution in [0.4, 0.5) is 4.79 Å². The number of rotatable bonds is 2. The summed E-state index contributed by atoms with van der Waals surface area (Å²) in [4.78, 5) is 28.7. The Hall–Kier alpha value is -1.56. The third kappa shape index (κ3) is 3.16. The fourth-order valence-corrected chi connectivity index (χ4v) is 5.52. The lowest BCUT2D eigenvalue weighted by Crippen LogP contribution is -2.61. The van der Waals surface area contributed by atoms with Gasteiger partial charge < -0.3 is 15.0 Å². The molecule has 3 fully saturated rings. The van der Waals surface area contributed by atoms with E-state index in [9.17, 15) is 9.59 Å². The van der Waals surface area contributed by atoms with Crippen molar-refractivity contribution in [2.24, 2.45) is 11.8 Å². The molecule has 4 aliphatic rings. The highest BCUT2D eigenvalue weighted by atomic mass is 16.5. The number of nitrogens with zero attached hydrogens (tertiary/aromatic N) is 2. The Bertz CT molecular complexity index is 576. The van der Waals surface area contributed by atoms with Crippen molar-refractivity contribution in [3.8, 4) is 0 Å². The van der Waals surface area contributed by atoms with Crippen LogP contribution >= 0.6 is 0 Å². The normalized spacial score (nSPS) is 34.4. The minimum Gasteiger partial charge on any atom is -0.468 e. The number of hydrogen-bond donors (Lipinski definition) is 1. The van der Waals surface area contributed by atoms with E-state index in [0.717, 1.165) is 32.0 Å². The van der Waals surface area contributed by atoms with Gasteiger partial charge >= 0.3 is 12.0 Å². The largest absolute Gasteiger partial charge is 0.468 e. The zero-order valence-electron chi connectivity index (χ0n) is 15.1. The minimum absolute atomic E-state index is 0.0565. The van der Waals surface area contributed by atoms with Gasteiger partial charge in [0.25, 0.3) is 0 Å². The van der Waals surface area contributed by atoms with E-state index in [1.807, 2.05) is 4.90 Å². The fourth-order valence-electron chi connectivity index (χ4n) is 5.52. The summed E-state index contributed by atoms with van der Waals surface area (Å²) in [6, 6.07) is 0.813. The maximum absolute atomic E-state index is 12.7. The standard InChI is InChI=1S/C19H29N3O3/c1-25-17(23)11-20-19(24)22-8-4-5-13-9-14-10-15(18(13)22)12-21-7-3-2-6-16(14)21/h9,14-16,18H,2-8,10-12H2,1H3,(H,20,24)/t14-,15+,16-,18-/m1/s1. The van der Waals surface area contributed by atoms with Crippen molar-refractivity contribution in [3.05, 3.63) is 11.6 Å². The number of methoxy groups -OCH3 is 1. The quantitative estimate of drug-likeness (QED) is 0.611. The van der Waals surface area contributed by atoms with E-state index in [2.05, 4.69) is 21.0 Å². The number of amides is 2. The fraction of sp³-hybridized carbons (Fsp3) is 0.789. The van der Waals surface area contributed by atoms with Crippen molar-refractivity contribution in [2.75, 3.05) is 33.3 Å². The summed E-state index contributed by atoms with van der Waals surface area (Å²) in [6.07, 6.45) is 9.83. The number of ether oxygens (including phenoxy) is 1. The monoisotopic (exact) mass is 347 g/mol. The Labute approximate surface area is 149 Å². The lowest BCUT2D eigenvalue weighted by molar-refractivity contribution is -0.139. The average molecular weight is 347 g/mol. The highest BCUT2D eigenvalue weighted by Gasteiger charge is 2.46. The molecule has 0 aromatic heterocycles. The van der Waals surface area contributed by atoms with Gasteiger partial charge in [-0.3, -0.25) is 9.69 Å². The van der Waals surface area contributed by atoms with Gasteiger partial charge in [-0.25, -0.2) is 4.79 Å². The second kappa shape index (κ2) is 6.98. The smallest absolute Gasteiger partial charge is 0.325 e. The topological polar surface area (TPSA) is 61.9 Å². The van der Waals surface area contributed by atoms with Crippen LogP contribution in [-0.4, -0.2) is 67.2 Å². The van der Waals surface area contributed by atoms with Crippen molar-refractivity contribution in [1.82, 2.24) is 15.1 Å².